The minimum Gasteiger partial charge on any atom is -0.368 e. The summed E-state index contributed by atoms with van der Waals surface area (Å²) in [5.41, 5.74) is 11.5. The van der Waals surface area contributed by atoms with Gasteiger partial charge in [0.15, 0.2) is 0 Å². The van der Waals surface area contributed by atoms with Crippen LogP contribution in [0, 0.1) is 0 Å². The van der Waals surface area contributed by atoms with Crippen LogP contribution in [-0.2, 0) is 11.8 Å². The summed E-state index contributed by atoms with van der Waals surface area (Å²) in [7, 11) is 0. The zero-order chi connectivity index (χ0) is 17.7. The number of nitrogen functional groups attached to an aromatic ring is 1. The van der Waals surface area contributed by atoms with Crippen LogP contribution in [0.1, 0.15) is 40.9 Å². The average Bonchev–Trinajstić information content (AvgIpc) is 3.26. The topological polar surface area (TPSA) is 85.0 Å². The van der Waals surface area contributed by atoms with Crippen molar-refractivity contribution in [3.8, 4) is 0 Å². The molecule has 1 aliphatic heterocycles. The minimum atomic E-state index is -0.0745. The first kappa shape index (κ1) is 15.7. The molecule has 2 aromatic heterocycles. The molecule has 1 spiro atoms. The average molecular weight is 365 g/mol. The standard InChI is InChI=1S/C19H19N5OS/c20-18-21-9-13-4-6-19(16(13)23-18)5-1-7-24(10-19)17(25)12-2-3-14-15(8-12)26-11-22-14/h2-3,8-9,11H,1,4-7,10H2,(H2,20,21,23). The molecule has 26 heavy (non-hydrogen) atoms. The SMILES string of the molecule is Nc1ncc2c(n1)C1(CCCN(C(=O)c3ccc4ncsc4c3)C1)CC2. The number of aryl methyl sites for hydroxylation is 1. The normalized spacial score (nSPS) is 22.1. The third-order valence-corrected chi connectivity index (χ3v) is 6.49. The largest absolute Gasteiger partial charge is 0.368 e. The number of carbonyl (C=O) groups excluding carboxylic acids is 1. The van der Waals surface area contributed by atoms with Gasteiger partial charge >= 0.3 is 0 Å². The second-order valence-corrected chi connectivity index (χ2v) is 8.13. The van der Waals surface area contributed by atoms with E-state index in [1.54, 1.807) is 11.3 Å². The predicted molar refractivity (Wildman–Crippen MR) is 101 cm³/mol. The number of rotatable bonds is 1. The number of hydrogen-bond donors (Lipinski definition) is 1. The molecule has 2 aliphatic rings. The molecular weight excluding hydrogens is 346 g/mol. The Labute approximate surface area is 155 Å². The van der Waals surface area contributed by atoms with Crippen molar-refractivity contribution >= 4 is 33.4 Å². The highest BCUT2D eigenvalue weighted by Crippen LogP contribution is 2.44. The number of carbonyl (C=O) groups is 1. The van der Waals surface area contributed by atoms with Crippen molar-refractivity contribution in [1.29, 1.82) is 0 Å². The molecule has 7 heteroatoms. The van der Waals surface area contributed by atoms with Gasteiger partial charge in [0.05, 0.1) is 21.4 Å². The summed E-state index contributed by atoms with van der Waals surface area (Å²) in [5, 5.41) is 0. The van der Waals surface area contributed by atoms with Crippen molar-refractivity contribution in [3.63, 3.8) is 0 Å². The van der Waals surface area contributed by atoms with Crippen molar-refractivity contribution in [3.05, 3.63) is 46.7 Å². The summed E-state index contributed by atoms with van der Waals surface area (Å²) < 4.78 is 1.05. The van der Waals surface area contributed by atoms with Gasteiger partial charge in [-0.2, -0.15) is 0 Å². The molecule has 1 fully saturated rings. The van der Waals surface area contributed by atoms with Gasteiger partial charge in [-0.3, -0.25) is 4.79 Å². The zero-order valence-electron chi connectivity index (χ0n) is 14.3. The van der Waals surface area contributed by atoms with Gasteiger partial charge in [0, 0.05) is 30.3 Å². The quantitative estimate of drug-likeness (QED) is 0.717. The Balaban J connectivity index is 1.46. The molecule has 5 rings (SSSR count). The van der Waals surface area contributed by atoms with Gasteiger partial charge in [0.25, 0.3) is 5.91 Å². The molecule has 0 bridgehead atoms. The lowest BCUT2D eigenvalue weighted by atomic mass is 9.77. The molecule has 132 valence electrons. The molecule has 3 aromatic rings. The monoisotopic (exact) mass is 365 g/mol. The number of aromatic nitrogens is 3. The number of amides is 1. The first-order valence-electron chi connectivity index (χ1n) is 8.89. The number of likely N-dealkylation sites (tertiary alicyclic amines) is 1. The fourth-order valence-electron chi connectivity index (χ4n) is 4.43. The highest BCUT2D eigenvalue weighted by atomic mass is 32.1. The van der Waals surface area contributed by atoms with Gasteiger partial charge in [0.1, 0.15) is 0 Å². The number of nitrogens with two attached hydrogens (primary N) is 1. The number of hydrogen-bond acceptors (Lipinski definition) is 6. The van der Waals surface area contributed by atoms with Gasteiger partial charge in [-0.15, -0.1) is 11.3 Å². The fraction of sp³-hybridized carbons (Fsp3) is 0.368. The van der Waals surface area contributed by atoms with Crippen LogP contribution in [0.4, 0.5) is 5.95 Å². The molecule has 1 unspecified atom stereocenters. The lowest BCUT2D eigenvalue weighted by Crippen LogP contribution is -2.48. The molecular formula is C19H19N5OS. The first-order chi connectivity index (χ1) is 12.6. The lowest BCUT2D eigenvalue weighted by Gasteiger charge is -2.40. The van der Waals surface area contributed by atoms with Gasteiger partial charge in [-0.1, -0.05) is 0 Å². The lowest BCUT2D eigenvalue weighted by molar-refractivity contribution is 0.0633. The highest BCUT2D eigenvalue weighted by molar-refractivity contribution is 7.16. The number of thiazole rings is 1. The molecule has 1 saturated heterocycles. The van der Waals surface area contributed by atoms with E-state index in [1.165, 1.54) is 5.56 Å². The number of piperidine rings is 1. The van der Waals surface area contributed by atoms with Crippen LogP contribution < -0.4 is 5.73 Å². The molecule has 3 heterocycles. The van der Waals surface area contributed by atoms with E-state index in [0.717, 1.165) is 53.7 Å². The zero-order valence-corrected chi connectivity index (χ0v) is 15.1. The molecule has 1 aromatic carbocycles. The van der Waals surface area contributed by atoms with Gasteiger partial charge in [-0.05, 0) is 49.4 Å². The van der Waals surface area contributed by atoms with Crippen LogP contribution in [0.15, 0.2) is 29.9 Å². The third-order valence-electron chi connectivity index (χ3n) is 5.70. The number of anilines is 1. The number of nitrogens with zero attached hydrogens (tertiary/aromatic N) is 4. The molecule has 1 aliphatic carbocycles. The summed E-state index contributed by atoms with van der Waals surface area (Å²) in [6, 6.07) is 5.77. The van der Waals surface area contributed by atoms with E-state index in [1.807, 2.05) is 34.8 Å². The predicted octanol–water partition coefficient (Wildman–Crippen LogP) is 2.79. The number of fused-ring (bicyclic) bond motifs is 3. The van der Waals surface area contributed by atoms with Crippen LogP contribution in [-0.4, -0.2) is 38.8 Å². The summed E-state index contributed by atoms with van der Waals surface area (Å²) in [5.74, 6) is 0.416. The van der Waals surface area contributed by atoms with Crippen molar-refractivity contribution < 1.29 is 4.79 Å². The third kappa shape index (κ3) is 2.38. The maximum absolute atomic E-state index is 13.1. The van der Waals surface area contributed by atoms with Crippen molar-refractivity contribution in [1.82, 2.24) is 19.9 Å². The Bertz CT molecular complexity index is 1010. The molecule has 1 amide bonds. The maximum Gasteiger partial charge on any atom is 0.253 e. The smallest absolute Gasteiger partial charge is 0.253 e. The molecule has 0 saturated carbocycles. The Morgan fingerprint density at radius 1 is 1.27 bits per heavy atom. The Morgan fingerprint density at radius 3 is 3.12 bits per heavy atom. The van der Waals surface area contributed by atoms with E-state index >= 15 is 0 Å². The van der Waals surface area contributed by atoms with Crippen LogP contribution in [0.3, 0.4) is 0 Å². The highest BCUT2D eigenvalue weighted by Gasteiger charge is 2.44. The Hall–Kier alpha value is -2.54. The number of benzene rings is 1. The van der Waals surface area contributed by atoms with E-state index in [9.17, 15) is 4.79 Å². The van der Waals surface area contributed by atoms with E-state index in [4.69, 9.17) is 5.73 Å². The Morgan fingerprint density at radius 2 is 2.19 bits per heavy atom. The molecule has 2 N–H and O–H groups in total. The molecule has 0 radical (unpaired) electrons. The second-order valence-electron chi connectivity index (χ2n) is 7.25. The summed E-state index contributed by atoms with van der Waals surface area (Å²) in [6.07, 6.45) is 5.86. The van der Waals surface area contributed by atoms with E-state index in [2.05, 4.69) is 15.0 Å². The Kier molecular flexibility index (Phi) is 3.46. The van der Waals surface area contributed by atoms with E-state index in [-0.39, 0.29) is 11.3 Å². The van der Waals surface area contributed by atoms with Gasteiger partial charge in [0.2, 0.25) is 5.95 Å². The fourth-order valence-corrected chi connectivity index (χ4v) is 5.14. The van der Waals surface area contributed by atoms with Crippen molar-refractivity contribution in [2.24, 2.45) is 0 Å². The second kappa shape index (κ2) is 5.74. The molecule has 1 atom stereocenters. The first-order valence-corrected chi connectivity index (χ1v) is 9.77. The van der Waals surface area contributed by atoms with Crippen molar-refractivity contribution in [2.75, 3.05) is 18.8 Å². The summed E-state index contributed by atoms with van der Waals surface area (Å²) in [4.78, 5) is 28.1. The van der Waals surface area contributed by atoms with E-state index in [0.29, 0.717) is 12.5 Å². The maximum atomic E-state index is 13.1. The van der Waals surface area contributed by atoms with Crippen LogP contribution in [0.5, 0.6) is 0 Å². The summed E-state index contributed by atoms with van der Waals surface area (Å²) in [6.45, 7) is 1.49. The van der Waals surface area contributed by atoms with Crippen LogP contribution in [0.25, 0.3) is 10.2 Å². The van der Waals surface area contributed by atoms with Gasteiger partial charge < -0.3 is 10.6 Å². The summed E-state index contributed by atoms with van der Waals surface area (Å²) >= 11 is 1.56. The van der Waals surface area contributed by atoms with Crippen LogP contribution in [0.2, 0.25) is 0 Å². The minimum absolute atomic E-state index is 0.0745. The van der Waals surface area contributed by atoms with Crippen molar-refractivity contribution in [2.45, 2.75) is 31.1 Å². The van der Waals surface area contributed by atoms with Crippen LogP contribution >= 0.6 is 11.3 Å². The molecule has 6 nitrogen and oxygen atoms in total. The van der Waals surface area contributed by atoms with E-state index < -0.39 is 0 Å². The van der Waals surface area contributed by atoms with Gasteiger partial charge in [-0.25, -0.2) is 15.0 Å².